The molecule has 0 aromatic heterocycles. The van der Waals surface area contributed by atoms with Crippen LogP contribution >= 0.6 is 12.4 Å². The monoisotopic (exact) mass is 338 g/mol. The predicted molar refractivity (Wildman–Crippen MR) is 77.8 cm³/mol. The van der Waals surface area contributed by atoms with Gasteiger partial charge in [-0.05, 0) is 38.4 Å². The summed E-state index contributed by atoms with van der Waals surface area (Å²) in [5.74, 6) is -6.30. The molecule has 1 aliphatic heterocycles. The molecule has 0 spiro atoms. The van der Waals surface area contributed by atoms with Crippen molar-refractivity contribution < 1.29 is 23.1 Å². The van der Waals surface area contributed by atoms with Crippen LogP contribution in [-0.4, -0.2) is 42.6 Å². The van der Waals surface area contributed by atoms with Crippen molar-refractivity contribution in [2.75, 3.05) is 26.7 Å². The molecular weight excluding hydrogens is 321 g/mol. The van der Waals surface area contributed by atoms with Gasteiger partial charge in [-0.1, -0.05) is 0 Å². The van der Waals surface area contributed by atoms with Crippen LogP contribution in [0.2, 0.25) is 0 Å². The molecule has 0 radical (unpaired) electrons. The van der Waals surface area contributed by atoms with Crippen LogP contribution in [0.3, 0.4) is 0 Å². The Morgan fingerprint density at radius 1 is 1.32 bits per heavy atom. The van der Waals surface area contributed by atoms with Crippen LogP contribution in [0.25, 0.3) is 0 Å². The third-order valence-corrected chi connectivity index (χ3v) is 3.76. The summed E-state index contributed by atoms with van der Waals surface area (Å²) >= 11 is 0. The minimum Gasteiger partial charge on any atom is -0.503 e. The molecule has 0 atom stereocenters. The Balaban J connectivity index is 0.00000242. The molecule has 1 saturated heterocycles. The lowest BCUT2D eigenvalue weighted by molar-refractivity contribution is 0.0684. The van der Waals surface area contributed by atoms with Crippen molar-refractivity contribution in [3.63, 3.8) is 0 Å². The Kier molecular flexibility index (Phi) is 6.49. The molecule has 1 aliphatic rings. The van der Waals surface area contributed by atoms with Gasteiger partial charge in [0.2, 0.25) is 5.82 Å². The van der Waals surface area contributed by atoms with Crippen molar-refractivity contribution >= 4 is 18.3 Å². The standard InChI is InChI=1S/C14H17F3N2O2.ClH/c1-18-7-8-2-4-19(5-3-8)14(21)9-6-10(15)12(17)13(20)11(9)16;/h6,8,18,20H,2-5,7H2,1H3;1H. The number of benzene rings is 1. The summed E-state index contributed by atoms with van der Waals surface area (Å²) in [6, 6.07) is 0.492. The average Bonchev–Trinajstić information content (AvgIpc) is 2.49. The van der Waals surface area contributed by atoms with E-state index >= 15 is 0 Å². The predicted octanol–water partition coefficient (Wildman–Crippen LogP) is 2.30. The summed E-state index contributed by atoms with van der Waals surface area (Å²) in [4.78, 5) is 13.6. The van der Waals surface area contributed by atoms with E-state index in [0.29, 0.717) is 25.1 Å². The first-order valence-corrected chi connectivity index (χ1v) is 6.76. The molecule has 124 valence electrons. The fourth-order valence-corrected chi connectivity index (χ4v) is 2.55. The number of rotatable bonds is 3. The lowest BCUT2D eigenvalue weighted by Crippen LogP contribution is -2.40. The van der Waals surface area contributed by atoms with Crippen LogP contribution in [0.5, 0.6) is 5.75 Å². The number of carbonyl (C=O) groups is 1. The van der Waals surface area contributed by atoms with Crippen LogP contribution in [0, 0.1) is 23.4 Å². The first-order chi connectivity index (χ1) is 9.95. The fourth-order valence-electron chi connectivity index (χ4n) is 2.55. The van der Waals surface area contributed by atoms with E-state index in [0.717, 1.165) is 19.4 Å². The molecular formula is C14H18ClF3N2O2. The molecule has 0 unspecified atom stereocenters. The molecule has 1 aromatic carbocycles. The minimum atomic E-state index is -1.68. The second-order valence-electron chi connectivity index (χ2n) is 5.18. The van der Waals surface area contributed by atoms with E-state index in [4.69, 9.17) is 5.11 Å². The minimum absolute atomic E-state index is 0. The normalized spacial score (nSPS) is 15.5. The fraction of sp³-hybridized carbons (Fsp3) is 0.500. The van der Waals surface area contributed by atoms with Crippen molar-refractivity contribution in [2.24, 2.45) is 5.92 Å². The number of likely N-dealkylation sites (tertiary alicyclic amines) is 1. The topological polar surface area (TPSA) is 52.6 Å². The highest BCUT2D eigenvalue weighted by Crippen LogP contribution is 2.27. The van der Waals surface area contributed by atoms with Crippen molar-refractivity contribution in [2.45, 2.75) is 12.8 Å². The van der Waals surface area contributed by atoms with E-state index in [2.05, 4.69) is 5.32 Å². The molecule has 1 aromatic rings. The third kappa shape index (κ3) is 3.64. The van der Waals surface area contributed by atoms with E-state index in [9.17, 15) is 18.0 Å². The molecule has 22 heavy (non-hydrogen) atoms. The summed E-state index contributed by atoms with van der Waals surface area (Å²) in [5, 5.41) is 12.2. The zero-order chi connectivity index (χ0) is 15.6. The van der Waals surface area contributed by atoms with Gasteiger partial charge in [-0.2, -0.15) is 4.39 Å². The van der Waals surface area contributed by atoms with Gasteiger partial charge in [0.15, 0.2) is 17.4 Å². The van der Waals surface area contributed by atoms with Crippen LogP contribution < -0.4 is 5.32 Å². The van der Waals surface area contributed by atoms with E-state index in [1.165, 1.54) is 4.90 Å². The number of halogens is 4. The van der Waals surface area contributed by atoms with Gasteiger partial charge in [-0.3, -0.25) is 4.79 Å². The summed E-state index contributed by atoms with van der Waals surface area (Å²) < 4.78 is 40.0. The molecule has 1 fully saturated rings. The smallest absolute Gasteiger partial charge is 0.257 e. The maximum atomic E-state index is 13.7. The van der Waals surface area contributed by atoms with Gasteiger partial charge in [0.1, 0.15) is 0 Å². The SMILES string of the molecule is CNCC1CCN(C(=O)c2cc(F)c(F)c(O)c2F)CC1.Cl. The number of nitrogens with one attached hydrogen (secondary N) is 1. The number of phenols is 1. The molecule has 2 N–H and O–H groups in total. The van der Waals surface area contributed by atoms with Gasteiger partial charge in [0, 0.05) is 13.1 Å². The number of aromatic hydroxyl groups is 1. The van der Waals surface area contributed by atoms with Crippen LogP contribution in [0.1, 0.15) is 23.2 Å². The van der Waals surface area contributed by atoms with Gasteiger partial charge < -0.3 is 15.3 Å². The van der Waals surface area contributed by atoms with Crippen molar-refractivity contribution in [3.05, 3.63) is 29.1 Å². The van der Waals surface area contributed by atoms with Crippen LogP contribution in [-0.2, 0) is 0 Å². The Morgan fingerprint density at radius 3 is 2.45 bits per heavy atom. The summed E-state index contributed by atoms with van der Waals surface area (Å²) in [5.41, 5.74) is -0.640. The van der Waals surface area contributed by atoms with Crippen LogP contribution in [0.15, 0.2) is 6.07 Å². The molecule has 1 heterocycles. The largest absolute Gasteiger partial charge is 0.503 e. The number of amides is 1. The Morgan fingerprint density at radius 2 is 1.91 bits per heavy atom. The molecule has 4 nitrogen and oxygen atoms in total. The Bertz CT molecular complexity index is 549. The Labute approximate surface area is 132 Å². The summed E-state index contributed by atoms with van der Waals surface area (Å²) in [7, 11) is 1.84. The highest BCUT2D eigenvalue weighted by Gasteiger charge is 2.28. The van der Waals surface area contributed by atoms with Gasteiger partial charge in [0.25, 0.3) is 5.91 Å². The number of hydrogen-bond acceptors (Lipinski definition) is 3. The van der Waals surface area contributed by atoms with Crippen molar-refractivity contribution in [1.29, 1.82) is 0 Å². The maximum Gasteiger partial charge on any atom is 0.257 e. The first kappa shape index (κ1) is 18.6. The summed E-state index contributed by atoms with van der Waals surface area (Å²) in [6.45, 7) is 1.68. The molecule has 0 aliphatic carbocycles. The molecule has 8 heteroatoms. The first-order valence-electron chi connectivity index (χ1n) is 6.76. The molecule has 0 saturated carbocycles. The second kappa shape index (κ2) is 7.69. The van der Waals surface area contributed by atoms with E-state index in [-0.39, 0.29) is 12.4 Å². The van der Waals surface area contributed by atoms with Gasteiger partial charge in [0.05, 0.1) is 5.56 Å². The second-order valence-corrected chi connectivity index (χ2v) is 5.18. The molecule has 0 bridgehead atoms. The number of carbonyl (C=O) groups excluding carboxylic acids is 1. The van der Waals surface area contributed by atoms with E-state index in [1.54, 1.807) is 0 Å². The number of piperidine rings is 1. The van der Waals surface area contributed by atoms with E-state index in [1.807, 2.05) is 7.05 Å². The maximum absolute atomic E-state index is 13.7. The highest BCUT2D eigenvalue weighted by molar-refractivity contribution is 5.95. The van der Waals surface area contributed by atoms with Crippen LogP contribution in [0.4, 0.5) is 13.2 Å². The lowest BCUT2D eigenvalue weighted by Gasteiger charge is -2.32. The van der Waals surface area contributed by atoms with Gasteiger partial charge in [-0.15, -0.1) is 12.4 Å². The van der Waals surface area contributed by atoms with Crippen molar-refractivity contribution in [3.8, 4) is 5.75 Å². The van der Waals surface area contributed by atoms with Gasteiger partial charge >= 0.3 is 0 Å². The quantitative estimate of drug-likeness (QED) is 0.832. The zero-order valence-corrected chi connectivity index (χ0v) is 12.9. The van der Waals surface area contributed by atoms with Gasteiger partial charge in [-0.25, -0.2) is 8.78 Å². The Hall–Kier alpha value is -1.47. The third-order valence-electron chi connectivity index (χ3n) is 3.76. The number of nitrogens with zero attached hydrogens (tertiary/aromatic N) is 1. The summed E-state index contributed by atoms with van der Waals surface area (Å²) in [6.07, 6.45) is 1.51. The van der Waals surface area contributed by atoms with Crippen molar-refractivity contribution in [1.82, 2.24) is 10.2 Å². The average molecular weight is 339 g/mol. The molecule has 2 rings (SSSR count). The number of phenolic OH excluding ortho intramolecular Hbond substituents is 1. The molecule has 1 amide bonds. The number of hydrogen-bond donors (Lipinski definition) is 2. The highest BCUT2D eigenvalue weighted by atomic mass is 35.5. The van der Waals surface area contributed by atoms with E-state index < -0.39 is 34.7 Å². The lowest BCUT2D eigenvalue weighted by atomic mass is 9.96. The zero-order valence-electron chi connectivity index (χ0n) is 12.0.